The van der Waals surface area contributed by atoms with Gasteiger partial charge in [-0.2, -0.15) is 0 Å². The van der Waals surface area contributed by atoms with Gasteiger partial charge in [-0.15, -0.1) is 23.2 Å². The summed E-state index contributed by atoms with van der Waals surface area (Å²) >= 11 is 12.5. The molecule has 1 saturated heterocycles. The number of carbonyl (C=O) groups is 4. The first-order chi connectivity index (χ1) is 17.3. The second kappa shape index (κ2) is 9.91. The number of amides is 3. The van der Waals surface area contributed by atoms with Crippen LogP contribution in [0.15, 0.2) is 66.7 Å². The Morgan fingerprint density at radius 1 is 0.889 bits per heavy atom. The van der Waals surface area contributed by atoms with Crippen LogP contribution in [0.2, 0.25) is 0 Å². The van der Waals surface area contributed by atoms with Crippen LogP contribution in [0.25, 0.3) is 10.8 Å². The van der Waals surface area contributed by atoms with Gasteiger partial charge in [-0.25, -0.2) is 4.79 Å². The van der Waals surface area contributed by atoms with E-state index in [-0.39, 0.29) is 33.8 Å². The molecule has 0 aromatic heterocycles. The highest BCUT2D eigenvalue weighted by Crippen LogP contribution is 2.43. The molecule has 1 saturated carbocycles. The molecule has 1 N–H and O–H groups in total. The Bertz CT molecular complexity index is 1340. The van der Waals surface area contributed by atoms with Crippen molar-refractivity contribution < 1.29 is 23.9 Å². The number of imide groups is 1. The minimum absolute atomic E-state index is 0.117. The van der Waals surface area contributed by atoms with Crippen molar-refractivity contribution in [2.24, 2.45) is 11.8 Å². The molecule has 0 spiro atoms. The largest absolute Gasteiger partial charge is 0.452 e. The number of benzene rings is 3. The van der Waals surface area contributed by atoms with Gasteiger partial charge in [0.2, 0.25) is 11.8 Å². The van der Waals surface area contributed by atoms with Gasteiger partial charge in [-0.1, -0.05) is 42.5 Å². The van der Waals surface area contributed by atoms with Crippen LogP contribution >= 0.6 is 23.2 Å². The molecule has 7 nitrogen and oxygen atoms in total. The Labute approximate surface area is 217 Å². The number of carbonyl (C=O) groups excluding carboxylic acids is 4. The van der Waals surface area contributed by atoms with Crippen molar-refractivity contribution in [2.45, 2.75) is 23.6 Å². The highest BCUT2D eigenvalue weighted by Gasteiger charge is 2.52. The second-order valence-electron chi connectivity index (χ2n) is 8.93. The molecular formula is C27H22Cl2N2O5. The Balaban J connectivity index is 1.25. The summed E-state index contributed by atoms with van der Waals surface area (Å²) in [6.07, 6.45) is 0.657. The van der Waals surface area contributed by atoms with Gasteiger partial charge in [-0.3, -0.25) is 19.3 Å². The minimum Gasteiger partial charge on any atom is -0.452 e. The number of alkyl halides is 2. The maximum atomic E-state index is 13.0. The summed E-state index contributed by atoms with van der Waals surface area (Å²) in [5, 5.41) is 3.83. The molecule has 2 fully saturated rings. The molecule has 1 aliphatic carbocycles. The average molecular weight is 525 g/mol. The van der Waals surface area contributed by atoms with Crippen LogP contribution < -0.4 is 10.2 Å². The van der Waals surface area contributed by atoms with Crippen molar-refractivity contribution in [1.82, 2.24) is 0 Å². The number of nitrogens with zero attached hydrogens (tertiary/aromatic N) is 1. The van der Waals surface area contributed by atoms with Crippen molar-refractivity contribution in [2.75, 3.05) is 16.8 Å². The van der Waals surface area contributed by atoms with Gasteiger partial charge in [0.15, 0.2) is 6.61 Å². The molecular weight excluding hydrogens is 503 g/mol. The molecule has 1 aliphatic heterocycles. The maximum absolute atomic E-state index is 13.0. The Kier molecular flexibility index (Phi) is 6.69. The van der Waals surface area contributed by atoms with E-state index in [1.807, 2.05) is 36.4 Å². The van der Waals surface area contributed by atoms with Crippen LogP contribution in [0.5, 0.6) is 0 Å². The van der Waals surface area contributed by atoms with E-state index < -0.39 is 30.3 Å². The summed E-state index contributed by atoms with van der Waals surface area (Å²) in [7, 11) is 0. The SMILES string of the molecule is O=C(COC(=O)c1cccc(N2C(=O)[C@H]3C[C@@H](Cl)[C@@H](Cl)C[C@H]3C2=O)c1)Nc1cccc2ccccc12. The van der Waals surface area contributed by atoms with E-state index in [9.17, 15) is 19.2 Å². The van der Waals surface area contributed by atoms with Crippen molar-refractivity contribution in [1.29, 1.82) is 0 Å². The van der Waals surface area contributed by atoms with Gasteiger partial charge < -0.3 is 10.1 Å². The Morgan fingerprint density at radius 2 is 1.53 bits per heavy atom. The van der Waals surface area contributed by atoms with Crippen LogP contribution in [0.1, 0.15) is 23.2 Å². The van der Waals surface area contributed by atoms with E-state index in [1.165, 1.54) is 12.1 Å². The van der Waals surface area contributed by atoms with Crippen LogP contribution in [0.4, 0.5) is 11.4 Å². The third-order valence-corrected chi connectivity index (χ3v) is 7.74. The average Bonchev–Trinajstić information content (AvgIpc) is 3.12. The lowest BCUT2D eigenvalue weighted by Crippen LogP contribution is -2.34. The number of hydrogen-bond acceptors (Lipinski definition) is 5. The molecule has 2 aliphatic rings. The van der Waals surface area contributed by atoms with Crippen molar-refractivity contribution in [3.8, 4) is 0 Å². The molecule has 0 radical (unpaired) electrons. The maximum Gasteiger partial charge on any atom is 0.338 e. The van der Waals surface area contributed by atoms with E-state index in [0.717, 1.165) is 15.7 Å². The van der Waals surface area contributed by atoms with Gasteiger partial charge in [0.25, 0.3) is 5.91 Å². The van der Waals surface area contributed by atoms with E-state index in [2.05, 4.69) is 5.32 Å². The van der Waals surface area contributed by atoms with Crippen molar-refractivity contribution in [3.63, 3.8) is 0 Å². The number of rotatable bonds is 5. The van der Waals surface area contributed by atoms with Crippen LogP contribution in [0, 0.1) is 11.8 Å². The number of fused-ring (bicyclic) bond motifs is 2. The first kappa shape index (κ1) is 24.3. The summed E-state index contributed by atoms with van der Waals surface area (Å²) in [6, 6.07) is 19.2. The fourth-order valence-corrected chi connectivity index (χ4v) is 5.45. The van der Waals surface area contributed by atoms with Crippen LogP contribution in [-0.2, 0) is 19.1 Å². The molecule has 0 unspecified atom stereocenters. The zero-order chi connectivity index (χ0) is 25.4. The number of ether oxygens (including phenoxy) is 1. The summed E-state index contributed by atoms with van der Waals surface area (Å²) in [5.74, 6) is -2.98. The number of hydrogen-bond donors (Lipinski definition) is 1. The van der Waals surface area contributed by atoms with E-state index in [0.29, 0.717) is 18.5 Å². The topological polar surface area (TPSA) is 92.8 Å². The lowest BCUT2D eigenvalue weighted by atomic mass is 9.80. The fraction of sp³-hybridized carbons (Fsp3) is 0.259. The third kappa shape index (κ3) is 4.56. The van der Waals surface area contributed by atoms with Crippen molar-refractivity contribution in [3.05, 3.63) is 72.3 Å². The molecule has 5 rings (SSSR count). The first-order valence-electron chi connectivity index (χ1n) is 11.5. The molecule has 184 valence electrons. The predicted octanol–water partition coefficient (Wildman–Crippen LogP) is 4.75. The second-order valence-corrected chi connectivity index (χ2v) is 10.1. The zero-order valence-corrected chi connectivity index (χ0v) is 20.5. The molecule has 9 heteroatoms. The highest BCUT2D eigenvalue weighted by molar-refractivity contribution is 6.31. The summed E-state index contributed by atoms with van der Waals surface area (Å²) in [5.41, 5.74) is 1.000. The Hall–Kier alpha value is -3.42. The quantitative estimate of drug-likeness (QED) is 0.295. The molecule has 1 heterocycles. The normalized spacial score (nSPS) is 23.4. The Morgan fingerprint density at radius 3 is 2.25 bits per heavy atom. The van der Waals surface area contributed by atoms with Gasteiger partial charge in [0, 0.05) is 11.1 Å². The third-order valence-electron chi connectivity index (χ3n) is 6.65. The number of halogens is 2. The molecule has 36 heavy (non-hydrogen) atoms. The summed E-state index contributed by atoms with van der Waals surface area (Å²) in [4.78, 5) is 52.2. The number of esters is 1. The molecule has 3 aromatic rings. The molecule has 4 atom stereocenters. The van der Waals surface area contributed by atoms with Gasteiger partial charge >= 0.3 is 5.97 Å². The lowest BCUT2D eigenvalue weighted by Gasteiger charge is -2.28. The van der Waals surface area contributed by atoms with Gasteiger partial charge in [0.1, 0.15) is 0 Å². The predicted molar refractivity (Wildman–Crippen MR) is 137 cm³/mol. The number of nitrogens with one attached hydrogen (secondary N) is 1. The minimum atomic E-state index is -0.747. The van der Waals surface area contributed by atoms with Crippen LogP contribution in [-0.4, -0.2) is 41.1 Å². The van der Waals surface area contributed by atoms with E-state index in [1.54, 1.807) is 18.2 Å². The fourth-order valence-electron chi connectivity index (χ4n) is 4.86. The van der Waals surface area contributed by atoms with Gasteiger partial charge in [0.05, 0.1) is 33.8 Å². The lowest BCUT2D eigenvalue weighted by molar-refractivity contribution is -0.122. The van der Waals surface area contributed by atoms with E-state index in [4.69, 9.17) is 27.9 Å². The van der Waals surface area contributed by atoms with Crippen LogP contribution in [0.3, 0.4) is 0 Å². The summed E-state index contributed by atoms with van der Waals surface area (Å²) < 4.78 is 5.19. The van der Waals surface area contributed by atoms with Crippen molar-refractivity contribution >= 4 is 69.0 Å². The highest BCUT2D eigenvalue weighted by atomic mass is 35.5. The smallest absolute Gasteiger partial charge is 0.338 e. The molecule has 0 bridgehead atoms. The monoisotopic (exact) mass is 524 g/mol. The summed E-state index contributed by atoms with van der Waals surface area (Å²) in [6.45, 7) is -0.494. The standard InChI is InChI=1S/C27H22Cl2N2O5/c28-21-12-19-20(13-22(21)29)26(34)31(25(19)33)17-8-3-7-16(11-17)27(35)36-14-24(32)30-23-10-4-6-15-5-1-2-9-18(15)23/h1-11,19-22H,12-14H2,(H,30,32)/t19-,20+,21+,22-. The molecule has 3 amide bonds. The number of anilines is 2. The zero-order valence-electron chi connectivity index (χ0n) is 19.0. The van der Waals surface area contributed by atoms with E-state index >= 15 is 0 Å². The first-order valence-corrected chi connectivity index (χ1v) is 12.4. The molecule has 3 aromatic carbocycles. The van der Waals surface area contributed by atoms with Gasteiger partial charge in [-0.05, 0) is 42.5 Å².